The maximum atomic E-state index is 8.54. The maximum absolute atomic E-state index is 8.54. The Kier molecular flexibility index (Phi) is 26.4. The summed E-state index contributed by atoms with van der Waals surface area (Å²) in [6.07, 6.45) is 7.42. The quantitative estimate of drug-likeness (QED) is 0.187. The molecule has 2 rings (SSSR count). The summed E-state index contributed by atoms with van der Waals surface area (Å²) in [5, 5.41) is 24.8. The first-order chi connectivity index (χ1) is 16.1. The predicted octanol–water partition coefficient (Wildman–Crippen LogP) is 8.77. The Hall–Kier alpha value is -1.46. The van der Waals surface area contributed by atoms with Crippen LogP contribution in [0.4, 0.5) is 11.4 Å². The first-order valence-electron chi connectivity index (χ1n) is 12.1. The van der Waals surface area contributed by atoms with E-state index >= 15 is 0 Å². The Balaban J connectivity index is -0.000000440. The number of hydrogen-bond acceptors (Lipinski definition) is 2. The van der Waals surface area contributed by atoms with Gasteiger partial charge in [0.15, 0.2) is 0 Å². The van der Waals surface area contributed by atoms with Gasteiger partial charge in [0.25, 0.3) is 0 Å². The van der Waals surface area contributed by atoms with E-state index < -0.39 is 0 Å². The first kappa shape index (κ1) is 38.1. The second-order valence-corrected chi connectivity index (χ2v) is 14.7. The number of para-hydroxylation sites is 2. The third-order valence-corrected chi connectivity index (χ3v) is 4.25. The molecule has 0 aliphatic heterocycles. The average molecular weight is 607 g/mol. The van der Waals surface area contributed by atoms with E-state index in [2.05, 4.69) is 78.3 Å². The molecule has 2 aromatic rings. The van der Waals surface area contributed by atoms with Crippen LogP contribution in [0.2, 0.25) is 0 Å². The number of rotatable bonds is 6. The van der Waals surface area contributed by atoms with Crippen LogP contribution >= 0.6 is 15.8 Å². The molecule has 0 N–H and O–H groups in total. The summed E-state index contributed by atoms with van der Waals surface area (Å²) in [5.74, 6) is 0. The van der Waals surface area contributed by atoms with Crippen LogP contribution in [0.5, 0.6) is 0 Å². The summed E-state index contributed by atoms with van der Waals surface area (Å²) in [6.45, 7) is 21.9. The van der Waals surface area contributed by atoms with Crippen molar-refractivity contribution in [2.24, 2.45) is 0 Å². The number of benzene rings is 2. The van der Waals surface area contributed by atoms with Gasteiger partial charge in [-0.15, -0.1) is 0 Å². The monoisotopic (exact) mass is 606 g/mol. The van der Waals surface area contributed by atoms with Gasteiger partial charge in [-0.3, -0.25) is 0 Å². The molecule has 0 fully saturated rings. The Bertz CT molecular complexity index is 764. The van der Waals surface area contributed by atoms with Crippen molar-refractivity contribution in [1.82, 2.24) is 0 Å². The summed E-state index contributed by atoms with van der Waals surface area (Å²) in [7, 11) is 0.241. The summed E-state index contributed by atoms with van der Waals surface area (Å²) >= 11 is 0. The van der Waals surface area contributed by atoms with Gasteiger partial charge in [0, 0.05) is 40.0 Å². The fourth-order valence-electron chi connectivity index (χ4n) is 2.82. The predicted molar refractivity (Wildman–Crippen MR) is 160 cm³/mol. The van der Waals surface area contributed by atoms with Crippen LogP contribution in [0, 0.1) is 22.9 Å². The van der Waals surface area contributed by atoms with Crippen LogP contribution in [-0.2, 0) is 46.1 Å². The van der Waals surface area contributed by atoms with Gasteiger partial charge in [-0.25, -0.2) is 0 Å². The topological polar surface area (TPSA) is 75.8 Å². The fourth-order valence-corrected chi connectivity index (χ4v) is 2.82. The molecule has 0 amide bonds. The van der Waals surface area contributed by atoms with Gasteiger partial charge in [-0.2, -0.15) is 0 Å². The summed E-state index contributed by atoms with van der Waals surface area (Å²) in [6, 6.07) is 12.1. The van der Waals surface area contributed by atoms with E-state index in [9.17, 15) is 0 Å². The number of hydrogen-bond donors (Lipinski definition) is 0. The molecule has 4 nitrogen and oxygen atoms in total. The molecule has 0 bridgehead atoms. The molecular formula is C28H46N4P2Pd+2. The van der Waals surface area contributed by atoms with Crippen molar-refractivity contribution in [2.75, 3.05) is 40.0 Å². The molecule has 0 spiro atoms. The third kappa shape index (κ3) is 18.5. The van der Waals surface area contributed by atoms with Crippen LogP contribution < -0.4 is 0 Å². The van der Waals surface area contributed by atoms with Crippen molar-refractivity contribution in [2.45, 2.75) is 53.4 Å². The number of nitrogens with zero attached hydrogens (tertiary/aromatic N) is 4. The van der Waals surface area contributed by atoms with E-state index in [4.69, 9.17) is 10.5 Å². The standard InChI is InChI=1S/2C11H13N2.2C3H9P.Pd/c2*1-3-9-6-5-7-10(4-2)11(9)13-8-12;2*1-4(2)3;/h2*5-7H,3-4H2,1-2H3;2*1-3H3;/q2*-1;;;+2/p+2. The third-order valence-electron chi connectivity index (χ3n) is 4.25. The van der Waals surface area contributed by atoms with Crippen LogP contribution in [0.25, 0.3) is 10.6 Å². The minimum atomic E-state index is 0. The molecule has 0 radical (unpaired) electrons. The molecule has 0 heterocycles. The summed E-state index contributed by atoms with van der Waals surface area (Å²) in [4.78, 5) is 0. The van der Waals surface area contributed by atoms with Gasteiger partial charge >= 0.3 is 20.4 Å². The molecule has 0 aliphatic rings. The molecular weight excluding hydrogens is 561 g/mol. The summed E-state index contributed by atoms with van der Waals surface area (Å²) < 4.78 is 0. The van der Waals surface area contributed by atoms with E-state index in [0.717, 1.165) is 59.3 Å². The van der Waals surface area contributed by atoms with Gasteiger partial charge in [-0.1, -0.05) is 76.5 Å². The molecule has 7 heteroatoms. The summed E-state index contributed by atoms with van der Waals surface area (Å²) in [5.41, 5.74) is 6.36. The van der Waals surface area contributed by atoms with Crippen LogP contribution in [0.15, 0.2) is 36.4 Å². The van der Waals surface area contributed by atoms with Crippen molar-refractivity contribution in [3.63, 3.8) is 0 Å². The normalized spacial score (nSPS) is 8.97. The van der Waals surface area contributed by atoms with Crippen molar-refractivity contribution >= 4 is 27.2 Å². The minimum absolute atomic E-state index is 0. The van der Waals surface area contributed by atoms with Gasteiger partial charge in [0.05, 0.1) is 0 Å². The molecule has 0 saturated carbocycles. The van der Waals surface area contributed by atoms with Gasteiger partial charge in [0.2, 0.25) is 0 Å². The zero-order chi connectivity index (χ0) is 26.5. The Morgan fingerprint density at radius 3 is 0.914 bits per heavy atom. The fraction of sp³-hybridized carbons (Fsp3) is 0.500. The van der Waals surface area contributed by atoms with E-state index in [0.29, 0.717) is 0 Å². The SMILES string of the molecule is CCc1cccc(CC)c1[N-]C#N.CCc1cccc(CC)c1[N-]C#N.C[PH+](C)C.C[PH+](C)C.[Pd+2]. The number of aryl methyl sites for hydroxylation is 4. The minimum Gasteiger partial charge on any atom is -0.494 e. The Morgan fingerprint density at radius 2 is 0.771 bits per heavy atom. The first-order valence-corrected chi connectivity index (χ1v) is 18.1. The number of nitriles is 2. The molecule has 0 saturated heterocycles. The molecule has 196 valence electrons. The molecule has 35 heavy (non-hydrogen) atoms. The van der Waals surface area contributed by atoms with E-state index in [1.807, 2.05) is 48.8 Å². The van der Waals surface area contributed by atoms with Gasteiger partial charge in [0.1, 0.15) is 0 Å². The molecule has 0 aromatic heterocycles. The zero-order valence-corrected chi connectivity index (χ0v) is 27.0. The van der Waals surface area contributed by atoms with Crippen LogP contribution in [-0.4, -0.2) is 40.0 Å². The smallest absolute Gasteiger partial charge is 0.494 e. The Morgan fingerprint density at radius 1 is 0.571 bits per heavy atom. The zero-order valence-electron chi connectivity index (χ0n) is 23.4. The Labute approximate surface area is 232 Å². The molecule has 0 aliphatic carbocycles. The largest absolute Gasteiger partial charge is 2.00 e. The van der Waals surface area contributed by atoms with Crippen molar-refractivity contribution in [3.05, 3.63) is 69.3 Å². The second kappa shape index (κ2) is 24.2. The van der Waals surface area contributed by atoms with Gasteiger partial charge in [-0.05, 0) is 75.2 Å². The molecule has 0 atom stereocenters. The molecule has 0 unspecified atom stereocenters. The van der Waals surface area contributed by atoms with E-state index in [1.54, 1.807) is 0 Å². The maximum Gasteiger partial charge on any atom is 2.00 e. The van der Waals surface area contributed by atoms with Crippen molar-refractivity contribution < 1.29 is 20.4 Å². The molecule has 2 aromatic carbocycles. The van der Waals surface area contributed by atoms with E-state index in [-0.39, 0.29) is 36.3 Å². The second-order valence-electron chi connectivity index (χ2n) is 8.69. The van der Waals surface area contributed by atoms with Crippen molar-refractivity contribution in [3.8, 4) is 12.4 Å². The van der Waals surface area contributed by atoms with E-state index in [1.165, 1.54) is 0 Å². The average Bonchev–Trinajstić information content (AvgIpc) is 2.79. The van der Waals surface area contributed by atoms with Crippen LogP contribution in [0.3, 0.4) is 0 Å². The van der Waals surface area contributed by atoms with Crippen molar-refractivity contribution in [1.29, 1.82) is 10.5 Å². The van der Waals surface area contributed by atoms with Crippen LogP contribution in [0.1, 0.15) is 49.9 Å². The van der Waals surface area contributed by atoms with Gasteiger partial charge < -0.3 is 21.2 Å².